The van der Waals surface area contributed by atoms with Crippen molar-refractivity contribution in [3.8, 4) is 34.4 Å². The van der Waals surface area contributed by atoms with E-state index in [0.717, 1.165) is 24.0 Å². The van der Waals surface area contributed by atoms with E-state index in [4.69, 9.17) is 10.5 Å². The molecular formula is C34H32N2. The Labute approximate surface area is 215 Å². The summed E-state index contributed by atoms with van der Waals surface area (Å²) in [5, 5.41) is 18.1. The predicted molar refractivity (Wildman–Crippen MR) is 148 cm³/mol. The van der Waals surface area contributed by atoms with Gasteiger partial charge in [0.2, 0.25) is 0 Å². The van der Waals surface area contributed by atoms with Crippen LogP contribution in [0.5, 0.6) is 0 Å². The van der Waals surface area contributed by atoms with E-state index in [-0.39, 0.29) is 0 Å². The Kier molecular flexibility index (Phi) is 8.33. The fourth-order valence-corrected chi connectivity index (χ4v) is 5.02. The number of hydrogen-bond donors (Lipinski definition) is 0. The molecule has 4 aromatic carbocycles. The summed E-state index contributed by atoms with van der Waals surface area (Å²) in [6.07, 6.45) is 4.58. The van der Waals surface area contributed by atoms with Gasteiger partial charge < -0.3 is 0 Å². The highest BCUT2D eigenvalue weighted by Crippen LogP contribution is 2.34. The maximum Gasteiger partial charge on any atom is 0.0991 e. The fraction of sp³-hybridized carbons (Fsp3) is 0.235. The second kappa shape index (κ2) is 12.0. The summed E-state index contributed by atoms with van der Waals surface area (Å²) >= 11 is 0. The number of benzene rings is 4. The van der Waals surface area contributed by atoms with Crippen LogP contribution in [-0.4, -0.2) is 0 Å². The van der Waals surface area contributed by atoms with Crippen molar-refractivity contribution in [2.45, 2.75) is 45.4 Å². The smallest absolute Gasteiger partial charge is 0.0991 e. The minimum atomic E-state index is 0.512. The van der Waals surface area contributed by atoms with Gasteiger partial charge >= 0.3 is 0 Å². The van der Waals surface area contributed by atoms with Crippen LogP contribution in [0.25, 0.3) is 22.3 Å². The zero-order valence-electron chi connectivity index (χ0n) is 21.1. The highest BCUT2D eigenvalue weighted by atomic mass is 14.2. The molecule has 2 unspecified atom stereocenters. The summed E-state index contributed by atoms with van der Waals surface area (Å²) < 4.78 is 0. The summed E-state index contributed by atoms with van der Waals surface area (Å²) in [6, 6.07) is 37.8. The van der Waals surface area contributed by atoms with Crippen LogP contribution >= 0.6 is 0 Å². The van der Waals surface area contributed by atoms with Crippen LogP contribution in [0, 0.1) is 28.6 Å². The summed E-state index contributed by atoms with van der Waals surface area (Å²) in [6.45, 7) is 4.65. The molecule has 0 radical (unpaired) electrons. The lowest BCUT2D eigenvalue weighted by Crippen LogP contribution is -2.11. The largest absolute Gasteiger partial charge is 0.192 e. The second-order valence-electron chi connectivity index (χ2n) is 9.61. The van der Waals surface area contributed by atoms with Gasteiger partial charge in [0.05, 0.1) is 23.3 Å². The molecule has 36 heavy (non-hydrogen) atoms. The standard InChI is InChI=1S/C34H32N2/c1-3-4-25(2)34(33-20-18-32(19-21-33)31-16-9-28(24-36)10-17-31)22-11-26-5-12-29(13-6-26)30-14-7-27(23-35)8-15-30/h5-10,12-21,25,34H,3-4,11,22H2,1-2H3. The molecule has 0 aliphatic heterocycles. The Balaban J connectivity index is 1.46. The molecule has 0 fully saturated rings. The van der Waals surface area contributed by atoms with Crippen LogP contribution in [0.2, 0.25) is 0 Å². The van der Waals surface area contributed by atoms with Gasteiger partial charge in [0.25, 0.3) is 0 Å². The maximum atomic E-state index is 9.05. The first-order valence-corrected chi connectivity index (χ1v) is 12.8. The Morgan fingerprint density at radius 3 is 1.42 bits per heavy atom. The Morgan fingerprint density at radius 1 is 0.583 bits per heavy atom. The molecule has 4 aromatic rings. The molecule has 0 bridgehead atoms. The third kappa shape index (κ3) is 6.10. The van der Waals surface area contributed by atoms with Crippen LogP contribution in [0.3, 0.4) is 0 Å². The molecular weight excluding hydrogens is 436 g/mol. The molecule has 2 atom stereocenters. The van der Waals surface area contributed by atoms with Gasteiger partial charge in [-0.05, 0) is 82.3 Å². The fourth-order valence-electron chi connectivity index (χ4n) is 5.02. The van der Waals surface area contributed by atoms with E-state index in [1.54, 1.807) is 0 Å². The first-order valence-electron chi connectivity index (χ1n) is 12.8. The highest BCUT2D eigenvalue weighted by molar-refractivity contribution is 5.65. The van der Waals surface area contributed by atoms with E-state index in [2.05, 4.69) is 74.5 Å². The van der Waals surface area contributed by atoms with Crippen LogP contribution < -0.4 is 0 Å². The normalized spacial score (nSPS) is 12.3. The second-order valence-corrected chi connectivity index (χ2v) is 9.61. The zero-order valence-corrected chi connectivity index (χ0v) is 21.1. The van der Waals surface area contributed by atoms with Gasteiger partial charge in [-0.3, -0.25) is 0 Å². The first-order chi connectivity index (χ1) is 17.6. The zero-order chi connectivity index (χ0) is 25.3. The van der Waals surface area contributed by atoms with Crippen molar-refractivity contribution < 1.29 is 0 Å². The van der Waals surface area contributed by atoms with Crippen LogP contribution in [-0.2, 0) is 6.42 Å². The summed E-state index contributed by atoms with van der Waals surface area (Å²) in [4.78, 5) is 0. The molecule has 0 spiro atoms. The van der Waals surface area contributed by atoms with Crippen molar-refractivity contribution >= 4 is 0 Å². The average molecular weight is 469 g/mol. The summed E-state index contributed by atoms with van der Waals surface area (Å²) in [5.74, 6) is 1.13. The van der Waals surface area contributed by atoms with Crippen molar-refractivity contribution in [2.75, 3.05) is 0 Å². The maximum absolute atomic E-state index is 9.05. The first kappa shape index (κ1) is 25.0. The van der Waals surface area contributed by atoms with Crippen molar-refractivity contribution in [1.29, 1.82) is 10.5 Å². The molecule has 2 heteroatoms. The van der Waals surface area contributed by atoms with Crippen LogP contribution in [0.15, 0.2) is 97.1 Å². The van der Waals surface area contributed by atoms with Crippen molar-refractivity contribution in [3.63, 3.8) is 0 Å². The molecule has 0 aliphatic rings. The Bertz CT molecular complexity index is 1330. The molecule has 0 N–H and O–H groups in total. The third-order valence-electron chi connectivity index (χ3n) is 7.16. The predicted octanol–water partition coefficient (Wildman–Crippen LogP) is 8.92. The quantitative estimate of drug-likeness (QED) is 0.246. The van der Waals surface area contributed by atoms with Gasteiger partial charge in [-0.1, -0.05) is 99.5 Å². The molecule has 0 aromatic heterocycles. The lowest BCUT2D eigenvalue weighted by Gasteiger charge is -2.25. The number of nitrogens with zero attached hydrogens (tertiary/aromatic N) is 2. The van der Waals surface area contributed by atoms with Gasteiger partial charge in [-0.15, -0.1) is 0 Å². The van der Waals surface area contributed by atoms with E-state index in [1.807, 2.05) is 48.5 Å². The van der Waals surface area contributed by atoms with E-state index in [1.165, 1.54) is 35.1 Å². The van der Waals surface area contributed by atoms with Gasteiger partial charge in [-0.2, -0.15) is 10.5 Å². The molecule has 0 aliphatic carbocycles. The molecule has 0 amide bonds. The number of nitriles is 2. The minimum absolute atomic E-state index is 0.512. The van der Waals surface area contributed by atoms with Crippen molar-refractivity contribution in [1.82, 2.24) is 0 Å². The van der Waals surface area contributed by atoms with E-state index < -0.39 is 0 Å². The molecule has 0 heterocycles. The highest BCUT2D eigenvalue weighted by Gasteiger charge is 2.19. The molecule has 178 valence electrons. The average Bonchev–Trinajstić information content (AvgIpc) is 2.94. The Hall–Kier alpha value is -4.14. The molecule has 0 saturated heterocycles. The van der Waals surface area contributed by atoms with E-state index >= 15 is 0 Å². The van der Waals surface area contributed by atoms with Gasteiger partial charge in [0.15, 0.2) is 0 Å². The number of rotatable bonds is 9. The minimum Gasteiger partial charge on any atom is -0.192 e. The van der Waals surface area contributed by atoms with E-state index in [0.29, 0.717) is 23.0 Å². The lowest BCUT2D eigenvalue weighted by atomic mass is 9.80. The summed E-state index contributed by atoms with van der Waals surface area (Å²) in [7, 11) is 0. The lowest BCUT2D eigenvalue weighted by molar-refractivity contribution is 0.404. The Morgan fingerprint density at radius 2 is 1.00 bits per heavy atom. The molecule has 0 saturated carbocycles. The molecule has 2 nitrogen and oxygen atoms in total. The van der Waals surface area contributed by atoms with Crippen LogP contribution in [0.4, 0.5) is 0 Å². The number of aryl methyl sites for hydroxylation is 1. The monoisotopic (exact) mass is 468 g/mol. The van der Waals surface area contributed by atoms with Crippen molar-refractivity contribution in [2.24, 2.45) is 5.92 Å². The molecule has 4 rings (SSSR count). The van der Waals surface area contributed by atoms with Gasteiger partial charge in [-0.25, -0.2) is 0 Å². The number of hydrogen-bond acceptors (Lipinski definition) is 2. The van der Waals surface area contributed by atoms with E-state index in [9.17, 15) is 0 Å². The SMILES string of the molecule is CCCC(C)C(CCc1ccc(-c2ccc(C#N)cc2)cc1)c1ccc(-c2ccc(C#N)cc2)cc1. The van der Waals surface area contributed by atoms with Crippen LogP contribution in [0.1, 0.15) is 61.3 Å². The third-order valence-corrected chi connectivity index (χ3v) is 7.16. The van der Waals surface area contributed by atoms with Gasteiger partial charge in [0, 0.05) is 0 Å². The van der Waals surface area contributed by atoms with Gasteiger partial charge in [0.1, 0.15) is 0 Å². The topological polar surface area (TPSA) is 47.6 Å². The summed E-state index contributed by atoms with van der Waals surface area (Å²) in [5.41, 5.74) is 8.78. The van der Waals surface area contributed by atoms with Crippen molar-refractivity contribution in [3.05, 3.63) is 119 Å².